The summed E-state index contributed by atoms with van der Waals surface area (Å²) in [5.74, 6) is 0.927. The summed E-state index contributed by atoms with van der Waals surface area (Å²) < 4.78 is 6.02. The first-order valence-electron chi connectivity index (χ1n) is 7.86. The molecule has 0 amide bonds. The molecule has 1 unspecified atom stereocenters. The minimum Gasteiger partial charge on any atom is -0.474 e. The second-order valence-electron chi connectivity index (χ2n) is 5.45. The topological polar surface area (TPSA) is 61.0 Å². The van der Waals surface area contributed by atoms with Crippen LogP contribution in [0.1, 0.15) is 57.8 Å². The van der Waals surface area contributed by atoms with E-state index in [2.05, 4.69) is 36.8 Å². The Balaban J connectivity index is 2.08. The van der Waals surface area contributed by atoms with Crippen LogP contribution in [-0.4, -0.2) is 16.1 Å². The lowest BCUT2D eigenvalue weighted by molar-refractivity contribution is 0.201. The highest BCUT2D eigenvalue weighted by Gasteiger charge is 2.14. The van der Waals surface area contributed by atoms with Crippen molar-refractivity contribution in [1.82, 2.24) is 9.97 Å². The molecule has 2 N–H and O–H groups in total. The number of ether oxygens (including phenoxy) is 1. The molecule has 21 heavy (non-hydrogen) atoms. The molecule has 116 valence electrons. The molecule has 5 heteroatoms. The molecule has 0 aliphatic heterocycles. The summed E-state index contributed by atoms with van der Waals surface area (Å²) >= 11 is 1.67. The number of nitrogens with zero attached hydrogens (tertiary/aromatic N) is 2. The predicted molar refractivity (Wildman–Crippen MR) is 90.1 cm³/mol. The summed E-state index contributed by atoms with van der Waals surface area (Å²) in [5, 5.41) is 0.992. The summed E-state index contributed by atoms with van der Waals surface area (Å²) in [7, 11) is 0. The molecule has 2 rings (SSSR count). The molecule has 0 aliphatic carbocycles. The molecule has 0 aliphatic rings. The van der Waals surface area contributed by atoms with Crippen LogP contribution in [0.25, 0.3) is 10.2 Å². The number of unbranched alkanes of at least 4 members (excludes halogenated alkanes) is 3. The van der Waals surface area contributed by atoms with Gasteiger partial charge in [0.2, 0.25) is 11.8 Å². The highest BCUT2D eigenvalue weighted by Crippen LogP contribution is 2.32. The third-order valence-electron chi connectivity index (χ3n) is 3.55. The van der Waals surface area contributed by atoms with Gasteiger partial charge >= 0.3 is 0 Å². The van der Waals surface area contributed by atoms with E-state index in [9.17, 15) is 0 Å². The molecular formula is C16H25N3OS. The third-order valence-corrected chi connectivity index (χ3v) is 4.72. The van der Waals surface area contributed by atoms with E-state index in [1.165, 1.54) is 30.6 Å². The Labute approximate surface area is 130 Å². The molecular weight excluding hydrogens is 282 g/mol. The Morgan fingerprint density at radius 1 is 1.24 bits per heavy atom. The Morgan fingerprint density at radius 3 is 2.76 bits per heavy atom. The first kappa shape index (κ1) is 16.0. The van der Waals surface area contributed by atoms with E-state index in [0.717, 1.165) is 23.1 Å². The molecule has 0 aromatic carbocycles. The lowest BCUT2D eigenvalue weighted by Gasteiger charge is -2.14. The number of aryl methyl sites for hydroxylation is 1. The van der Waals surface area contributed by atoms with E-state index >= 15 is 0 Å². The van der Waals surface area contributed by atoms with Crippen molar-refractivity contribution in [3.8, 4) is 5.88 Å². The quantitative estimate of drug-likeness (QED) is 0.725. The number of thiophene rings is 1. The van der Waals surface area contributed by atoms with Gasteiger partial charge < -0.3 is 10.5 Å². The second-order valence-corrected chi connectivity index (χ2v) is 6.57. The lowest BCUT2D eigenvalue weighted by atomic mass is 10.1. The summed E-state index contributed by atoms with van der Waals surface area (Å²) in [5.41, 5.74) is 5.80. The number of nitrogens with two attached hydrogens (primary N) is 1. The van der Waals surface area contributed by atoms with E-state index in [0.29, 0.717) is 11.8 Å². The zero-order valence-corrected chi connectivity index (χ0v) is 14.0. The van der Waals surface area contributed by atoms with Gasteiger partial charge in [0.1, 0.15) is 4.83 Å². The standard InChI is InChI=1S/C16H25N3OS/c1-4-6-7-8-9-11(3)20-14-13-10-12(5-2)21-15(13)19-16(17)18-14/h10-11H,4-9H2,1-3H3,(H2,17,18,19). The van der Waals surface area contributed by atoms with Crippen LogP contribution in [0, 0.1) is 0 Å². The van der Waals surface area contributed by atoms with Crippen molar-refractivity contribution in [3.63, 3.8) is 0 Å². The van der Waals surface area contributed by atoms with E-state index in [4.69, 9.17) is 10.5 Å². The fourth-order valence-electron chi connectivity index (χ4n) is 2.33. The number of aromatic nitrogens is 2. The highest BCUT2D eigenvalue weighted by atomic mass is 32.1. The number of hydrogen-bond donors (Lipinski definition) is 1. The lowest BCUT2D eigenvalue weighted by Crippen LogP contribution is -2.13. The average Bonchev–Trinajstić information content (AvgIpc) is 2.86. The largest absolute Gasteiger partial charge is 0.474 e. The number of fused-ring (bicyclic) bond motifs is 1. The predicted octanol–water partition coefficient (Wildman–Crippen LogP) is 4.57. The molecule has 1 atom stereocenters. The fourth-order valence-corrected chi connectivity index (χ4v) is 3.30. The number of anilines is 1. The van der Waals surface area contributed by atoms with Crippen LogP contribution in [-0.2, 0) is 6.42 Å². The summed E-state index contributed by atoms with van der Waals surface area (Å²) in [6.07, 6.45) is 7.22. The zero-order chi connectivity index (χ0) is 15.2. The molecule has 0 bridgehead atoms. The van der Waals surface area contributed by atoms with Crippen molar-refractivity contribution in [2.24, 2.45) is 0 Å². The van der Waals surface area contributed by atoms with Gasteiger partial charge in [0.25, 0.3) is 0 Å². The van der Waals surface area contributed by atoms with Crippen LogP contribution in [0.3, 0.4) is 0 Å². The minimum absolute atomic E-state index is 0.157. The summed E-state index contributed by atoms with van der Waals surface area (Å²) in [6.45, 7) is 6.46. The van der Waals surface area contributed by atoms with Gasteiger partial charge in [-0.15, -0.1) is 11.3 Å². The van der Waals surface area contributed by atoms with E-state index < -0.39 is 0 Å². The number of rotatable bonds is 8. The maximum atomic E-state index is 6.02. The van der Waals surface area contributed by atoms with Gasteiger partial charge in [0.05, 0.1) is 11.5 Å². The van der Waals surface area contributed by atoms with Crippen LogP contribution in [0.15, 0.2) is 6.07 Å². The van der Waals surface area contributed by atoms with E-state index in [-0.39, 0.29) is 6.10 Å². The van der Waals surface area contributed by atoms with Gasteiger partial charge in [0, 0.05) is 4.88 Å². The van der Waals surface area contributed by atoms with Crippen molar-refractivity contribution in [2.75, 3.05) is 5.73 Å². The van der Waals surface area contributed by atoms with Gasteiger partial charge in [-0.25, -0.2) is 4.98 Å². The van der Waals surface area contributed by atoms with E-state index in [1.807, 2.05) is 0 Å². The SMILES string of the molecule is CCCCCCC(C)Oc1nc(N)nc2sc(CC)cc12. The van der Waals surface area contributed by atoms with Crippen molar-refractivity contribution in [1.29, 1.82) is 0 Å². The smallest absolute Gasteiger partial charge is 0.227 e. The van der Waals surface area contributed by atoms with Gasteiger partial charge in [-0.3, -0.25) is 0 Å². The fraction of sp³-hybridized carbons (Fsp3) is 0.625. The van der Waals surface area contributed by atoms with Crippen LogP contribution in [0.5, 0.6) is 5.88 Å². The van der Waals surface area contributed by atoms with Gasteiger partial charge in [0.15, 0.2) is 0 Å². The number of hydrogen-bond acceptors (Lipinski definition) is 5. The number of nitrogen functional groups attached to an aromatic ring is 1. The molecule has 0 saturated heterocycles. The van der Waals surface area contributed by atoms with Crippen molar-refractivity contribution in [3.05, 3.63) is 10.9 Å². The van der Waals surface area contributed by atoms with Gasteiger partial charge in [-0.1, -0.05) is 33.1 Å². The van der Waals surface area contributed by atoms with Gasteiger partial charge in [-0.2, -0.15) is 4.98 Å². The average molecular weight is 307 g/mol. The normalized spacial score (nSPS) is 12.7. The van der Waals surface area contributed by atoms with Crippen LogP contribution >= 0.6 is 11.3 Å². The van der Waals surface area contributed by atoms with Crippen LogP contribution in [0.2, 0.25) is 0 Å². The molecule has 2 heterocycles. The third kappa shape index (κ3) is 4.30. The Morgan fingerprint density at radius 2 is 2.05 bits per heavy atom. The Hall–Kier alpha value is -1.36. The molecule has 0 fully saturated rings. The Bertz CT molecular complexity index is 582. The summed E-state index contributed by atoms with van der Waals surface area (Å²) in [6, 6.07) is 2.12. The van der Waals surface area contributed by atoms with Crippen molar-refractivity contribution >= 4 is 27.5 Å². The highest BCUT2D eigenvalue weighted by molar-refractivity contribution is 7.18. The maximum Gasteiger partial charge on any atom is 0.227 e. The molecule has 0 radical (unpaired) electrons. The Kier molecular flexibility index (Phi) is 5.79. The zero-order valence-electron chi connectivity index (χ0n) is 13.2. The van der Waals surface area contributed by atoms with Crippen molar-refractivity contribution < 1.29 is 4.74 Å². The monoisotopic (exact) mass is 307 g/mol. The summed E-state index contributed by atoms with van der Waals surface area (Å²) in [4.78, 5) is 10.8. The van der Waals surface area contributed by atoms with E-state index in [1.54, 1.807) is 11.3 Å². The van der Waals surface area contributed by atoms with Crippen molar-refractivity contribution in [2.45, 2.75) is 65.4 Å². The van der Waals surface area contributed by atoms with Gasteiger partial charge in [-0.05, 0) is 32.3 Å². The first-order chi connectivity index (χ1) is 10.1. The maximum absolute atomic E-state index is 6.02. The van der Waals surface area contributed by atoms with Crippen LogP contribution < -0.4 is 10.5 Å². The molecule has 0 saturated carbocycles. The molecule has 0 spiro atoms. The first-order valence-corrected chi connectivity index (χ1v) is 8.68. The molecule has 2 aromatic heterocycles. The molecule has 2 aromatic rings. The second kappa shape index (κ2) is 7.59. The van der Waals surface area contributed by atoms with Crippen LogP contribution in [0.4, 0.5) is 5.95 Å². The minimum atomic E-state index is 0.157. The molecule has 4 nitrogen and oxygen atoms in total.